The number of fused-ring (bicyclic) bond motifs is 1. The van der Waals surface area contributed by atoms with Gasteiger partial charge in [0.15, 0.2) is 0 Å². The van der Waals surface area contributed by atoms with Crippen LogP contribution < -0.4 is 5.32 Å². The van der Waals surface area contributed by atoms with E-state index in [1.165, 1.54) is 11.1 Å². The monoisotopic (exact) mass is 309 g/mol. The van der Waals surface area contributed by atoms with Crippen molar-refractivity contribution in [3.63, 3.8) is 0 Å². The molecule has 3 amide bonds. The number of aromatic nitrogens is 1. The molecule has 1 aliphatic heterocycles. The van der Waals surface area contributed by atoms with E-state index in [-0.39, 0.29) is 24.3 Å². The van der Waals surface area contributed by atoms with E-state index >= 15 is 0 Å². The van der Waals surface area contributed by atoms with Gasteiger partial charge in [-0.2, -0.15) is 0 Å². The molecule has 1 aromatic carbocycles. The van der Waals surface area contributed by atoms with E-state index in [2.05, 4.69) is 10.3 Å². The van der Waals surface area contributed by atoms with E-state index in [1.807, 2.05) is 0 Å². The second-order valence-electron chi connectivity index (χ2n) is 5.16. The maximum Gasteiger partial charge on any atom is 0.261 e. The number of rotatable bonds is 5. The number of imide groups is 1. The molecule has 3 rings (SSSR count). The highest BCUT2D eigenvalue weighted by Gasteiger charge is 2.34. The first-order valence-corrected chi connectivity index (χ1v) is 7.32. The highest BCUT2D eigenvalue weighted by molar-refractivity contribution is 6.21. The van der Waals surface area contributed by atoms with Crippen LogP contribution in [0.3, 0.4) is 0 Å². The van der Waals surface area contributed by atoms with Gasteiger partial charge in [0.05, 0.1) is 16.7 Å². The first-order valence-electron chi connectivity index (χ1n) is 7.32. The third-order valence-corrected chi connectivity index (χ3v) is 3.65. The Balaban J connectivity index is 1.52. The molecule has 0 atom stereocenters. The van der Waals surface area contributed by atoms with Crippen molar-refractivity contribution in [1.29, 1.82) is 0 Å². The largest absolute Gasteiger partial charge is 0.352 e. The van der Waals surface area contributed by atoms with Crippen LogP contribution in [0.25, 0.3) is 0 Å². The van der Waals surface area contributed by atoms with Crippen molar-refractivity contribution >= 4 is 17.7 Å². The minimum Gasteiger partial charge on any atom is -0.352 e. The summed E-state index contributed by atoms with van der Waals surface area (Å²) in [6.45, 7) is 0.654. The van der Waals surface area contributed by atoms with Crippen molar-refractivity contribution < 1.29 is 14.4 Å². The number of carbonyl (C=O) groups excluding carboxylic acids is 3. The van der Waals surface area contributed by atoms with Crippen LogP contribution >= 0.6 is 0 Å². The van der Waals surface area contributed by atoms with Gasteiger partial charge in [0, 0.05) is 25.5 Å². The fourth-order valence-corrected chi connectivity index (χ4v) is 2.48. The summed E-state index contributed by atoms with van der Waals surface area (Å²) in [5.41, 5.74) is 1.36. The van der Waals surface area contributed by atoms with E-state index in [0.717, 1.165) is 0 Å². The standard InChI is InChI=1S/C17H15N3O3/c21-15(12-5-3-8-18-11-12)19-9-4-10-20-16(22)13-6-1-2-7-14(13)17(20)23/h1-3,5-8,11H,4,9-10H2,(H,19,21). The summed E-state index contributed by atoms with van der Waals surface area (Å²) >= 11 is 0. The molecule has 23 heavy (non-hydrogen) atoms. The molecule has 2 aromatic rings. The quantitative estimate of drug-likeness (QED) is 0.670. The van der Waals surface area contributed by atoms with Crippen molar-refractivity contribution in [2.24, 2.45) is 0 Å². The molecule has 1 aromatic heterocycles. The van der Waals surface area contributed by atoms with Crippen LogP contribution in [0.15, 0.2) is 48.8 Å². The van der Waals surface area contributed by atoms with Gasteiger partial charge in [-0.05, 0) is 30.7 Å². The van der Waals surface area contributed by atoms with Crippen molar-refractivity contribution in [3.05, 3.63) is 65.5 Å². The first-order chi connectivity index (χ1) is 11.2. The Morgan fingerprint density at radius 3 is 2.35 bits per heavy atom. The molecule has 0 fully saturated rings. The van der Waals surface area contributed by atoms with Gasteiger partial charge >= 0.3 is 0 Å². The van der Waals surface area contributed by atoms with Gasteiger partial charge in [-0.25, -0.2) is 0 Å². The SMILES string of the molecule is O=C(NCCCN1C(=O)c2ccccc2C1=O)c1cccnc1. The second-order valence-corrected chi connectivity index (χ2v) is 5.16. The van der Waals surface area contributed by atoms with Crippen LogP contribution in [0, 0.1) is 0 Å². The van der Waals surface area contributed by atoms with E-state index in [1.54, 1.807) is 42.6 Å². The van der Waals surface area contributed by atoms with E-state index in [0.29, 0.717) is 29.7 Å². The molecule has 0 saturated carbocycles. The Labute approximate surface area is 133 Å². The Hall–Kier alpha value is -3.02. The zero-order valence-corrected chi connectivity index (χ0v) is 12.4. The van der Waals surface area contributed by atoms with Crippen molar-refractivity contribution in [2.45, 2.75) is 6.42 Å². The topological polar surface area (TPSA) is 79.4 Å². The van der Waals surface area contributed by atoms with Crippen molar-refractivity contribution in [1.82, 2.24) is 15.2 Å². The lowest BCUT2D eigenvalue weighted by Crippen LogP contribution is -2.33. The number of carbonyl (C=O) groups is 3. The van der Waals surface area contributed by atoms with Crippen LogP contribution in [0.2, 0.25) is 0 Å². The molecule has 0 radical (unpaired) electrons. The zero-order chi connectivity index (χ0) is 16.2. The van der Waals surface area contributed by atoms with Gasteiger partial charge in [-0.3, -0.25) is 24.3 Å². The van der Waals surface area contributed by atoms with Gasteiger partial charge in [-0.1, -0.05) is 12.1 Å². The van der Waals surface area contributed by atoms with Crippen LogP contribution in [0.1, 0.15) is 37.5 Å². The lowest BCUT2D eigenvalue weighted by molar-refractivity contribution is 0.0653. The summed E-state index contributed by atoms with van der Waals surface area (Å²) in [5.74, 6) is -0.770. The lowest BCUT2D eigenvalue weighted by atomic mass is 10.1. The third-order valence-electron chi connectivity index (χ3n) is 3.65. The molecule has 0 unspecified atom stereocenters. The molecule has 0 spiro atoms. The molecule has 0 aliphatic carbocycles. The molecule has 0 saturated heterocycles. The number of pyridine rings is 1. The molecule has 1 aliphatic rings. The molecular weight excluding hydrogens is 294 g/mol. The van der Waals surface area contributed by atoms with Gasteiger partial charge in [0.25, 0.3) is 17.7 Å². The summed E-state index contributed by atoms with van der Waals surface area (Å²) in [5, 5.41) is 2.75. The smallest absolute Gasteiger partial charge is 0.261 e. The van der Waals surface area contributed by atoms with Crippen LogP contribution in [0.4, 0.5) is 0 Å². The molecule has 0 bridgehead atoms. The predicted octanol–water partition coefficient (Wildman–Crippen LogP) is 1.50. The fraction of sp³-hybridized carbons (Fsp3) is 0.176. The molecular formula is C17H15N3O3. The average Bonchev–Trinajstić information content (AvgIpc) is 2.84. The number of nitrogens with zero attached hydrogens (tertiary/aromatic N) is 2. The number of hydrogen-bond donors (Lipinski definition) is 1. The molecule has 116 valence electrons. The van der Waals surface area contributed by atoms with Crippen LogP contribution in [-0.2, 0) is 0 Å². The van der Waals surface area contributed by atoms with Crippen LogP contribution in [-0.4, -0.2) is 40.7 Å². The van der Waals surface area contributed by atoms with Crippen molar-refractivity contribution in [3.8, 4) is 0 Å². The minimum atomic E-state index is -0.274. The lowest BCUT2D eigenvalue weighted by Gasteiger charge is -2.13. The summed E-state index contributed by atoms with van der Waals surface area (Å²) < 4.78 is 0. The van der Waals surface area contributed by atoms with Crippen molar-refractivity contribution in [2.75, 3.05) is 13.1 Å². The Morgan fingerprint density at radius 2 is 1.74 bits per heavy atom. The average molecular weight is 309 g/mol. The maximum atomic E-state index is 12.2. The number of nitrogens with one attached hydrogen (secondary N) is 1. The summed E-state index contributed by atoms with van der Waals surface area (Å²) in [6.07, 6.45) is 3.58. The van der Waals surface area contributed by atoms with Gasteiger partial charge in [-0.15, -0.1) is 0 Å². The van der Waals surface area contributed by atoms with E-state index in [9.17, 15) is 14.4 Å². The highest BCUT2D eigenvalue weighted by Crippen LogP contribution is 2.22. The zero-order valence-electron chi connectivity index (χ0n) is 12.4. The summed E-state index contributed by atoms with van der Waals surface area (Å²) in [6, 6.07) is 10.1. The fourth-order valence-electron chi connectivity index (χ4n) is 2.48. The highest BCUT2D eigenvalue weighted by atomic mass is 16.2. The maximum absolute atomic E-state index is 12.2. The molecule has 2 heterocycles. The van der Waals surface area contributed by atoms with E-state index < -0.39 is 0 Å². The molecule has 1 N–H and O–H groups in total. The van der Waals surface area contributed by atoms with Crippen LogP contribution in [0.5, 0.6) is 0 Å². The number of benzene rings is 1. The van der Waals surface area contributed by atoms with Gasteiger partial charge in [0.1, 0.15) is 0 Å². The number of amides is 3. The normalized spacial score (nSPS) is 13.1. The van der Waals surface area contributed by atoms with Gasteiger partial charge in [0.2, 0.25) is 0 Å². The number of hydrogen-bond acceptors (Lipinski definition) is 4. The minimum absolute atomic E-state index is 0.222. The third kappa shape index (κ3) is 2.96. The molecule has 6 nitrogen and oxygen atoms in total. The Morgan fingerprint density at radius 1 is 1.04 bits per heavy atom. The summed E-state index contributed by atoms with van der Waals surface area (Å²) in [4.78, 5) is 41.3. The molecule has 6 heteroatoms. The Kier molecular flexibility index (Phi) is 4.14. The second kappa shape index (κ2) is 6.39. The summed E-state index contributed by atoms with van der Waals surface area (Å²) in [7, 11) is 0. The van der Waals surface area contributed by atoms with Gasteiger partial charge < -0.3 is 5.32 Å². The van der Waals surface area contributed by atoms with E-state index in [4.69, 9.17) is 0 Å². The Bertz CT molecular complexity index is 724. The predicted molar refractivity (Wildman–Crippen MR) is 83.0 cm³/mol. The first kappa shape index (κ1) is 14.9.